The van der Waals surface area contributed by atoms with Crippen molar-refractivity contribution in [3.63, 3.8) is 0 Å². The molecule has 0 spiro atoms. The second-order valence-electron chi connectivity index (χ2n) is 42.1. The minimum absolute atomic E-state index is 0.126. The first-order chi connectivity index (χ1) is 70.9. The Morgan fingerprint density at radius 2 is 0.662 bits per heavy atom. The van der Waals surface area contributed by atoms with Crippen molar-refractivity contribution in [1.82, 2.24) is 103 Å². The molecule has 8 saturated heterocycles. The molecule has 34 nitrogen and oxygen atoms in total. The molecular formula is C105H127Cl7FN29O5S. The largest absolute Gasteiger partial charge is 0.395 e. The minimum atomic E-state index is -3.20. The van der Waals surface area contributed by atoms with Gasteiger partial charge in [0.15, 0.2) is 45.4 Å². The van der Waals surface area contributed by atoms with Crippen molar-refractivity contribution < 1.29 is 28.1 Å². The van der Waals surface area contributed by atoms with Crippen LogP contribution in [0, 0.1) is 98.5 Å². The summed E-state index contributed by atoms with van der Waals surface area (Å²) in [4.78, 5) is 56.5. The normalized spacial score (nSPS) is 20.0. The Bertz CT molecular complexity index is 6850. The smallest absolute Gasteiger partial charge is 0.212 e. The van der Waals surface area contributed by atoms with Crippen molar-refractivity contribution in [2.75, 3.05) is 170 Å². The van der Waals surface area contributed by atoms with Crippen LogP contribution in [0.4, 0.5) is 27.7 Å². The van der Waals surface area contributed by atoms with E-state index in [1.165, 1.54) is 51.6 Å². The molecule has 4 N–H and O–H groups in total. The van der Waals surface area contributed by atoms with Crippen LogP contribution in [0.2, 0.25) is 35.2 Å². The second-order valence-corrected chi connectivity index (χ2v) is 47.2. The van der Waals surface area contributed by atoms with E-state index in [2.05, 4.69) is 109 Å². The van der Waals surface area contributed by atoms with Gasteiger partial charge in [0.05, 0.1) is 72.5 Å². The summed E-state index contributed by atoms with van der Waals surface area (Å²) in [6.45, 7) is 34.8. The predicted octanol–water partition coefficient (Wildman–Crippen LogP) is 17.2. The van der Waals surface area contributed by atoms with E-state index in [1.54, 1.807) is 92.0 Å². The van der Waals surface area contributed by atoms with Crippen LogP contribution >= 0.6 is 81.2 Å². The molecule has 0 bridgehead atoms. The van der Waals surface area contributed by atoms with Gasteiger partial charge in [-0.15, -0.1) is 0 Å². The number of nitrogens with one attached hydrogen (secondary N) is 1. The standard InChI is InChI=1S/2C28H35Cl2N7O.C25H30Cl2N8O2S.C24H27ClFN7O/c2*1-18(22-8-7-21(29)12-23(22)30)37-27-26(24(13-31)34-37)32-14-25(33-27)36-16-20(17-36)19-6-4-10-35(15-19)11-5-9-28(2,3)38;1-16(20-6-5-19(26)10-21(20)27)35-25-24(22(11-28)32-35)30-12-23(31-25)34-14-18(15-34)17-4-3-7-33(13-17)8-9-38(36,37)29-2;1-15(19-5-4-18(25)9-20(19)26)33-24-23(21(10-27)30-33)28-11-22(29-24)32-13-17(14-32)16-3-2-6-31(12-16)7-8-34/h2*7-8,12,14,18-20,38H,4-6,9-11,15-17H2,1-3H3;5-6,10,12,16-18,29H,3-4,7-9,13-15H2,1-2H3;4-5,9,11,15-17,34H,2-3,6-8,12-14H2,1H3/t18-,19+;18-,19-;16-,17+;15-,16+/m1111/s1. The zero-order valence-electron chi connectivity index (χ0n) is 84.8. The topological polar surface area (TPSA) is 402 Å². The minimum Gasteiger partial charge on any atom is -0.395 e. The monoisotopic (exact) mass is 2170 g/mol. The van der Waals surface area contributed by atoms with E-state index < -0.39 is 33.1 Å². The van der Waals surface area contributed by atoms with E-state index in [0.717, 1.165) is 203 Å². The van der Waals surface area contributed by atoms with Crippen LogP contribution in [-0.4, -0.2) is 284 Å². The number of benzene rings is 4. The van der Waals surface area contributed by atoms with Crippen molar-refractivity contribution in [3.8, 4) is 24.3 Å². The third-order valence-electron chi connectivity index (χ3n) is 30.8. The van der Waals surface area contributed by atoms with E-state index >= 15 is 0 Å². The van der Waals surface area contributed by atoms with Gasteiger partial charge in [-0.2, -0.15) is 41.4 Å². The summed E-state index contributed by atoms with van der Waals surface area (Å²) in [5.74, 6) is 7.69. The van der Waals surface area contributed by atoms with Crippen molar-refractivity contribution in [2.45, 2.75) is 168 Å². The quantitative estimate of drug-likeness (QED) is 0.0325. The third-order valence-corrected chi connectivity index (χ3v) is 34.1. The third kappa shape index (κ3) is 25.4. The van der Waals surface area contributed by atoms with Gasteiger partial charge in [-0.1, -0.05) is 105 Å². The van der Waals surface area contributed by atoms with Gasteiger partial charge in [0.1, 0.15) is 75.4 Å². The molecule has 20 rings (SSSR count). The summed E-state index contributed by atoms with van der Waals surface area (Å²) in [5, 5.41) is 89.3. The molecule has 8 aliphatic heterocycles. The van der Waals surface area contributed by atoms with Crippen molar-refractivity contribution >= 4 is 159 Å². The van der Waals surface area contributed by atoms with Crippen LogP contribution in [0.3, 0.4) is 0 Å². The fourth-order valence-electron chi connectivity index (χ4n) is 22.1. The number of piperidine rings is 4. The lowest BCUT2D eigenvalue weighted by molar-refractivity contribution is 0.0589. The van der Waals surface area contributed by atoms with Crippen LogP contribution in [0.5, 0.6) is 0 Å². The Kier molecular flexibility index (Phi) is 34.9. The summed E-state index contributed by atoms with van der Waals surface area (Å²) in [6.07, 6.45) is 20.3. The van der Waals surface area contributed by atoms with E-state index in [1.807, 2.05) is 73.6 Å². The van der Waals surface area contributed by atoms with Gasteiger partial charge in [0.2, 0.25) is 10.0 Å². The van der Waals surface area contributed by atoms with Gasteiger partial charge in [-0.05, 0) is 291 Å². The maximum atomic E-state index is 14.6. The van der Waals surface area contributed by atoms with Crippen molar-refractivity contribution in [2.24, 2.45) is 47.3 Å². The lowest BCUT2D eigenvalue weighted by Crippen LogP contribution is -2.54. The Labute approximate surface area is 898 Å². The van der Waals surface area contributed by atoms with E-state index in [4.69, 9.17) is 101 Å². The molecule has 16 heterocycles. The molecule has 12 aromatic rings. The summed E-state index contributed by atoms with van der Waals surface area (Å²) in [5.41, 5.74) is 6.70. The summed E-state index contributed by atoms with van der Waals surface area (Å²) < 4.78 is 47.4. The number of hydrogen-bond acceptors (Lipinski definition) is 29. The number of hydrogen-bond donors (Lipinski definition) is 4. The number of fused-ring (bicyclic) bond motifs is 4. The molecule has 8 atom stereocenters. The van der Waals surface area contributed by atoms with E-state index in [9.17, 15) is 49.2 Å². The van der Waals surface area contributed by atoms with Crippen molar-refractivity contribution in [1.29, 1.82) is 21.0 Å². The number of halogens is 8. The highest BCUT2D eigenvalue weighted by atomic mass is 35.5. The Morgan fingerprint density at radius 3 is 0.919 bits per heavy atom. The Morgan fingerprint density at radius 1 is 0.399 bits per heavy atom. The first-order valence-electron chi connectivity index (χ1n) is 51.2. The summed E-state index contributed by atoms with van der Waals surface area (Å²) in [7, 11) is -1.74. The van der Waals surface area contributed by atoms with E-state index in [0.29, 0.717) is 139 Å². The molecule has 0 unspecified atom stereocenters. The molecule has 0 amide bonds. The number of aliphatic hydroxyl groups excluding tert-OH is 1. The van der Waals surface area contributed by atoms with Gasteiger partial charge in [0.25, 0.3) is 0 Å². The highest BCUT2D eigenvalue weighted by Crippen LogP contribution is 2.43. The SMILES string of the molecule is CNS(=O)(=O)CCN1CCC[C@H](C2CN(c3cnc4c(C#N)nn([C@H](C)c5ccc(Cl)cc5Cl)c4n3)C2)C1.C[C@H](c1ccc(Cl)cc1Cl)n1nc(C#N)c2ncc(N3CC([C@@H]4CCCN(CCCC(C)(C)O)C4)C3)nc21.C[C@H](c1ccc(Cl)cc1Cl)n1nc(C#N)c2ncc(N3CC([C@H]4CCCN(CCCC(C)(C)O)C4)C3)nc21.C[C@H](c1ccc(Cl)cc1F)n1nc(C#N)c2ncc(N3CC([C@H]4CCCN(CCO)C4)C3)nc21. The van der Waals surface area contributed by atoms with Crippen LogP contribution in [0.1, 0.15) is 202 Å². The fourth-order valence-corrected chi connectivity index (χ4v) is 24.7. The number of anilines is 4. The summed E-state index contributed by atoms with van der Waals surface area (Å²) in [6, 6.07) is 27.9. The molecule has 0 radical (unpaired) electrons. The van der Waals surface area contributed by atoms with Gasteiger partial charge in [-0.25, -0.2) is 76.1 Å². The van der Waals surface area contributed by atoms with Crippen LogP contribution in [-0.2, 0) is 10.0 Å². The lowest BCUT2D eigenvalue weighted by atomic mass is 9.80. The van der Waals surface area contributed by atoms with Crippen LogP contribution in [0.25, 0.3) is 44.7 Å². The highest BCUT2D eigenvalue weighted by molar-refractivity contribution is 7.89. The number of aromatic nitrogens is 16. The number of rotatable bonds is 30. The van der Waals surface area contributed by atoms with Gasteiger partial charge in [-0.3, -0.25) is 0 Å². The molecule has 8 fully saturated rings. The molecule has 784 valence electrons. The van der Waals surface area contributed by atoms with Gasteiger partial charge in [0, 0.05) is 132 Å². The average molecular weight is 2170 g/mol. The average Bonchev–Trinajstić information content (AvgIpc) is 1.60. The van der Waals surface area contributed by atoms with Crippen molar-refractivity contribution in [3.05, 3.63) is 184 Å². The maximum Gasteiger partial charge on any atom is 0.212 e. The number of β-amino-alcohol motifs (C(OH)–C–C–N with tert-alkyl or cyclic N) is 1. The lowest BCUT2D eigenvalue weighted by Gasteiger charge is -2.47. The van der Waals surface area contributed by atoms with E-state index in [-0.39, 0.29) is 53.3 Å². The number of nitriles is 4. The number of sulfonamides is 1. The Hall–Kier alpha value is -10.2. The van der Waals surface area contributed by atoms with Crippen LogP contribution in [0.15, 0.2) is 97.6 Å². The highest BCUT2D eigenvalue weighted by Gasteiger charge is 2.43. The molecule has 0 saturated carbocycles. The molecule has 8 aliphatic rings. The molecule has 8 aromatic heterocycles. The first kappa shape index (κ1) is 109. The number of aliphatic hydroxyl groups is 3. The van der Waals surface area contributed by atoms with Gasteiger partial charge >= 0.3 is 0 Å². The molecular weight excluding hydrogens is 2050 g/mol. The number of likely N-dealkylation sites (tertiary alicyclic amines) is 4. The Balaban J connectivity index is 0.000000135. The summed E-state index contributed by atoms with van der Waals surface area (Å²) >= 11 is 43.6. The molecule has 0 aliphatic carbocycles. The first-order valence-corrected chi connectivity index (χ1v) is 55.5. The predicted molar refractivity (Wildman–Crippen MR) is 577 cm³/mol. The fraction of sp³-hybridized carbons (Fsp3) is 0.543. The molecule has 43 heteroatoms. The zero-order valence-corrected chi connectivity index (χ0v) is 90.9. The van der Waals surface area contributed by atoms with Crippen LogP contribution < -0.4 is 24.3 Å². The molecule has 148 heavy (non-hydrogen) atoms. The zero-order chi connectivity index (χ0) is 105. The molecule has 4 aromatic carbocycles. The maximum absolute atomic E-state index is 14.6. The van der Waals surface area contributed by atoms with Gasteiger partial charge < -0.3 is 54.5 Å². The second kappa shape index (κ2) is 47.4. The number of nitrogens with zero attached hydrogens (tertiary/aromatic N) is 28.